The van der Waals surface area contributed by atoms with Gasteiger partial charge in [-0.3, -0.25) is 15.4 Å². The average molecular weight is 405 g/mol. The summed E-state index contributed by atoms with van der Waals surface area (Å²) in [5.74, 6) is 1.31. The lowest BCUT2D eigenvalue weighted by molar-refractivity contribution is -0.121. The minimum absolute atomic E-state index is 0.167. The highest BCUT2D eigenvalue weighted by molar-refractivity contribution is 8.00. The van der Waals surface area contributed by atoms with Crippen molar-refractivity contribution >= 4 is 27.5 Å². The molecule has 0 aromatic rings. The highest BCUT2D eigenvalue weighted by atomic mass is 32.2. The van der Waals surface area contributed by atoms with Crippen molar-refractivity contribution in [1.29, 1.82) is 0 Å². The zero-order valence-corrected chi connectivity index (χ0v) is 17.1. The summed E-state index contributed by atoms with van der Waals surface area (Å²) in [6.07, 6.45) is 6.94. The zero-order chi connectivity index (χ0) is 18.7. The van der Waals surface area contributed by atoms with E-state index in [1.54, 1.807) is 0 Å². The van der Waals surface area contributed by atoms with Gasteiger partial charge in [0.25, 0.3) is 0 Å². The standard InChI is InChI=1S/C17H32N4O3S2/c1-26(23,24)13-6-4-11(5-7-13)14-10-19-15(16(18)22)17(21-14)20-9-12-3-2-8-25-12/h11-15,17,19-21H,2-10H2,1H3,(H2,18,22). The Morgan fingerprint density at radius 1 is 1.23 bits per heavy atom. The highest BCUT2D eigenvalue weighted by Gasteiger charge is 2.38. The van der Waals surface area contributed by atoms with Gasteiger partial charge in [0.1, 0.15) is 15.9 Å². The topological polar surface area (TPSA) is 113 Å². The molecule has 4 atom stereocenters. The van der Waals surface area contributed by atoms with E-state index in [0.29, 0.717) is 17.7 Å². The van der Waals surface area contributed by atoms with Crippen molar-refractivity contribution in [3.05, 3.63) is 0 Å². The van der Waals surface area contributed by atoms with Crippen LogP contribution in [0, 0.1) is 5.92 Å². The Balaban J connectivity index is 1.55. The Morgan fingerprint density at radius 3 is 2.54 bits per heavy atom. The smallest absolute Gasteiger partial charge is 0.237 e. The van der Waals surface area contributed by atoms with Gasteiger partial charge >= 0.3 is 0 Å². The van der Waals surface area contributed by atoms with E-state index >= 15 is 0 Å². The van der Waals surface area contributed by atoms with Crippen molar-refractivity contribution in [2.45, 2.75) is 67.3 Å². The second kappa shape index (κ2) is 8.77. The fourth-order valence-electron chi connectivity index (χ4n) is 4.48. The first-order valence-electron chi connectivity index (χ1n) is 9.67. The van der Waals surface area contributed by atoms with Gasteiger partial charge in [0.15, 0.2) is 0 Å². The van der Waals surface area contributed by atoms with Gasteiger partial charge in [0, 0.05) is 30.6 Å². The summed E-state index contributed by atoms with van der Waals surface area (Å²) in [5, 5.41) is 10.8. The fourth-order valence-corrected chi connectivity index (χ4v) is 6.83. The summed E-state index contributed by atoms with van der Waals surface area (Å²) in [6.45, 7) is 1.57. The number of rotatable bonds is 6. The van der Waals surface area contributed by atoms with E-state index in [0.717, 1.165) is 32.2 Å². The quantitative estimate of drug-likeness (QED) is 0.485. The molecular formula is C17H32N4O3S2. The van der Waals surface area contributed by atoms with Crippen molar-refractivity contribution in [2.24, 2.45) is 11.7 Å². The second-order valence-electron chi connectivity index (χ2n) is 7.95. The molecule has 1 saturated carbocycles. The Bertz CT molecular complexity index is 587. The zero-order valence-electron chi connectivity index (χ0n) is 15.4. The van der Waals surface area contributed by atoms with Crippen LogP contribution in [0.3, 0.4) is 0 Å². The molecule has 2 aliphatic heterocycles. The Kier molecular flexibility index (Phi) is 6.88. The number of nitrogens with two attached hydrogens (primary N) is 1. The van der Waals surface area contributed by atoms with Gasteiger partial charge in [-0.25, -0.2) is 8.42 Å². The van der Waals surface area contributed by atoms with Crippen LogP contribution in [0.4, 0.5) is 0 Å². The fraction of sp³-hybridized carbons (Fsp3) is 0.941. The molecule has 9 heteroatoms. The summed E-state index contributed by atoms with van der Waals surface area (Å²) in [5.41, 5.74) is 5.58. The van der Waals surface area contributed by atoms with E-state index in [1.807, 2.05) is 11.8 Å². The third-order valence-corrected chi connectivity index (χ3v) is 9.15. The molecule has 0 spiro atoms. The van der Waals surface area contributed by atoms with Gasteiger partial charge in [0.05, 0.1) is 11.4 Å². The summed E-state index contributed by atoms with van der Waals surface area (Å²) in [7, 11) is -2.94. The van der Waals surface area contributed by atoms with Crippen molar-refractivity contribution in [1.82, 2.24) is 16.0 Å². The van der Waals surface area contributed by atoms with Gasteiger partial charge in [0.2, 0.25) is 5.91 Å². The molecule has 0 aromatic heterocycles. The van der Waals surface area contributed by atoms with E-state index in [9.17, 15) is 13.2 Å². The highest BCUT2D eigenvalue weighted by Crippen LogP contribution is 2.31. The van der Waals surface area contributed by atoms with Crippen molar-refractivity contribution in [2.75, 3.05) is 25.1 Å². The third kappa shape index (κ3) is 5.13. The number of nitrogens with one attached hydrogen (secondary N) is 3. The summed E-state index contributed by atoms with van der Waals surface area (Å²) < 4.78 is 23.5. The molecule has 0 aromatic carbocycles. The van der Waals surface area contributed by atoms with Crippen LogP contribution in [-0.4, -0.2) is 68.2 Å². The van der Waals surface area contributed by atoms with E-state index in [1.165, 1.54) is 24.9 Å². The predicted octanol–water partition coefficient (Wildman–Crippen LogP) is -0.184. The Morgan fingerprint density at radius 2 is 1.96 bits per heavy atom. The average Bonchev–Trinajstić information content (AvgIpc) is 3.12. The van der Waals surface area contributed by atoms with Crippen LogP contribution in [0.1, 0.15) is 38.5 Å². The first-order chi connectivity index (χ1) is 12.3. The molecule has 3 rings (SSSR count). The molecule has 150 valence electrons. The molecular weight excluding hydrogens is 372 g/mol. The lowest BCUT2D eigenvalue weighted by atomic mass is 9.82. The monoisotopic (exact) mass is 404 g/mol. The van der Waals surface area contributed by atoms with E-state index in [2.05, 4.69) is 16.0 Å². The maximum atomic E-state index is 11.8. The third-order valence-electron chi connectivity index (χ3n) is 6.07. The predicted molar refractivity (Wildman–Crippen MR) is 106 cm³/mol. The lowest BCUT2D eigenvalue weighted by Crippen LogP contribution is -2.71. The van der Waals surface area contributed by atoms with Crippen LogP contribution in [0.15, 0.2) is 0 Å². The SMILES string of the molecule is CS(=O)(=O)C1CCC(C2CNC(C(N)=O)C(NCC3CCCS3)N2)CC1. The maximum Gasteiger partial charge on any atom is 0.237 e. The molecule has 1 aliphatic carbocycles. The van der Waals surface area contributed by atoms with Crippen molar-refractivity contribution in [3.63, 3.8) is 0 Å². The number of piperazine rings is 1. The van der Waals surface area contributed by atoms with Crippen LogP contribution in [-0.2, 0) is 14.6 Å². The minimum atomic E-state index is -2.94. The number of hydrogen-bond acceptors (Lipinski definition) is 7. The second-order valence-corrected chi connectivity index (χ2v) is 11.7. The van der Waals surface area contributed by atoms with Gasteiger partial charge < -0.3 is 11.1 Å². The van der Waals surface area contributed by atoms with Crippen LogP contribution >= 0.6 is 11.8 Å². The van der Waals surface area contributed by atoms with Gasteiger partial charge in [-0.2, -0.15) is 11.8 Å². The summed E-state index contributed by atoms with van der Waals surface area (Å²) in [4.78, 5) is 11.8. The minimum Gasteiger partial charge on any atom is -0.368 e. The first kappa shape index (κ1) is 20.4. The molecule has 26 heavy (non-hydrogen) atoms. The lowest BCUT2D eigenvalue weighted by Gasteiger charge is -2.42. The van der Waals surface area contributed by atoms with E-state index < -0.39 is 15.9 Å². The molecule has 3 aliphatic rings. The summed E-state index contributed by atoms with van der Waals surface area (Å²) >= 11 is 1.99. The van der Waals surface area contributed by atoms with Crippen molar-refractivity contribution in [3.8, 4) is 0 Å². The Hall–Kier alpha value is -0.350. The Labute approximate surface area is 160 Å². The largest absolute Gasteiger partial charge is 0.368 e. The normalized spacial score (nSPS) is 39.0. The number of hydrogen-bond donors (Lipinski definition) is 4. The van der Waals surface area contributed by atoms with Crippen molar-refractivity contribution < 1.29 is 13.2 Å². The molecule has 4 unspecified atom stereocenters. The molecule has 2 heterocycles. The molecule has 7 nitrogen and oxygen atoms in total. The van der Waals surface area contributed by atoms with E-state index in [4.69, 9.17) is 5.73 Å². The number of primary amides is 1. The molecule has 0 radical (unpaired) electrons. The molecule has 5 N–H and O–H groups in total. The van der Waals surface area contributed by atoms with Crippen LogP contribution < -0.4 is 21.7 Å². The first-order valence-corrected chi connectivity index (χ1v) is 12.7. The van der Waals surface area contributed by atoms with Crippen LogP contribution in [0.5, 0.6) is 0 Å². The van der Waals surface area contributed by atoms with Crippen LogP contribution in [0.25, 0.3) is 0 Å². The number of sulfone groups is 1. The molecule has 3 fully saturated rings. The summed E-state index contributed by atoms with van der Waals surface area (Å²) in [6, 6.07) is -0.176. The van der Waals surface area contributed by atoms with E-state index in [-0.39, 0.29) is 23.4 Å². The van der Waals surface area contributed by atoms with Crippen LogP contribution in [0.2, 0.25) is 0 Å². The number of carbonyl (C=O) groups is 1. The number of carbonyl (C=O) groups excluding carboxylic acids is 1. The van der Waals surface area contributed by atoms with Gasteiger partial charge in [-0.1, -0.05) is 0 Å². The molecule has 0 bridgehead atoms. The number of thioether (sulfide) groups is 1. The molecule has 1 amide bonds. The van der Waals surface area contributed by atoms with Gasteiger partial charge in [-0.05, 0) is 50.2 Å². The molecule has 2 saturated heterocycles. The van der Waals surface area contributed by atoms with Gasteiger partial charge in [-0.15, -0.1) is 0 Å². The number of amides is 1. The maximum absolute atomic E-state index is 11.8.